The molecule has 0 spiro atoms. The fourth-order valence-corrected chi connectivity index (χ4v) is 2.65. The van der Waals surface area contributed by atoms with Gasteiger partial charge in [0.2, 0.25) is 0 Å². The first-order valence-corrected chi connectivity index (χ1v) is 6.00. The summed E-state index contributed by atoms with van der Waals surface area (Å²) in [7, 11) is 3.67. The molecule has 0 unspecified atom stereocenters. The number of aryl methyl sites for hydroxylation is 1. The van der Waals surface area contributed by atoms with Crippen LogP contribution in [0.25, 0.3) is 10.9 Å². The van der Waals surface area contributed by atoms with Crippen LogP contribution in [0.1, 0.15) is 17.7 Å². The third-order valence-corrected chi connectivity index (χ3v) is 3.47. The lowest BCUT2D eigenvalue weighted by atomic mass is 10.1. The van der Waals surface area contributed by atoms with Crippen LogP contribution in [0.4, 0.5) is 5.69 Å². The van der Waals surface area contributed by atoms with E-state index in [1.165, 1.54) is 23.4 Å². The van der Waals surface area contributed by atoms with Gasteiger partial charge in [-0.3, -0.25) is 4.98 Å². The molecule has 88 valence electrons. The summed E-state index contributed by atoms with van der Waals surface area (Å²) in [6, 6.07) is 6.07. The number of pyridine rings is 1. The van der Waals surface area contributed by atoms with Crippen LogP contribution in [0, 0.1) is 0 Å². The molecule has 0 saturated carbocycles. The molecule has 0 aliphatic heterocycles. The van der Waals surface area contributed by atoms with Crippen LogP contribution < -0.4 is 10.1 Å². The zero-order valence-corrected chi connectivity index (χ0v) is 10.2. The first-order valence-electron chi connectivity index (χ1n) is 6.00. The van der Waals surface area contributed by atoms with Gasteiger partial charge >= 0.3 is 0 Å². The van der Waals surface area contributed by atoms with Crippen molar-refractivity contribution in [1.29, 1.82) is 0 Å². The van der Waals surface area contributed by atoms with Crippen molar-refractivity contribution < 1.29 is 4.74 Å². The Morgan fingerprint density at radius 3 is 2.94 bits per heavy atom. The Morgan fingerprint density at radius 2 is 2.18 bits per heavy atom. The molecule has 1 aliphatic rings. The van der Waals surface area contributed by atoms with E-state index in [1.54, 1.807) is 7.11 Å². The highest BCUT2D eigenvalue weighted by molar-refractivity contribution is 5.94. The van der Waals surface area contributed by atoms with Gasteiger partial charge in [0.25, 0.3) is 0 Å². The fraction of sp³-hybridized carbons (Fsp3) is 0.357. The molecule has 1 N–H and O–H groups in total. The van der Waals surface area contributed by atoms with E-state index >= 15 is 0 Å². The van der Waals surface area contributed by atoms with Gasteiger partial charge in [0.1, 0.15) is 5.75 Å². The first kappa shape index (κ1) is 10.4. The molecule has 1 heterocycles. The van der Waals surface area contributed by atoms with Gasteiger partial charge in [0.15, 0.2) is 0 Å². The van der Waals surface area contributed by atoms with Gasteiger partial charge in [0.05, 0.1) is 12.6 Å². The minimum atomic E-state index is 0.883. The predicted molar refractivity (Wildman–Crippen MR) is 69.9 cm³/mol. The number of rotatable bonds is 2. The number of hydrogen-bond acceptors (Lipinski definition) is 3. The molecule has 0 saturated heterocycles. The highest BCUT2D eigenvalue weighted by Crippen LogP contribution is 2.35. The standard InChI is InChI=1S/C14H16N2O/c1-15-14-10-4-3-5-12(10)16-13-7-6-9(17-2)8-11(13)14/h6-8H,3-5H2,1-2H3,(H,15,16). The van der Waals surface area contributed by atoms with E-state index in [1.807, 2.05) is 19.2 Å². The number of benzene rings is 1. The van der Waals surface area contributed by atoms with E-state index in [4.69, 9.17) is 9.72 Å². The zero-order chi connectivity index (χ0) is 11.8. The maximum Gasteiger partial charge on any atom is 0.119 e. The molecule has 3 nitrogen and oxygen atoms in total. The van der Waals surface area contributed by atoms with Crippen LogP contribution in [-0.4, -0.2) is 19.1 Å². The minimum absolute atomic E-state index is 0.883. The fourth-order valence-electron chi connectivity index (χ4n) is 2.65. The normalized spacial score (nSPS) is 13.8. The Morgan fingerprint density at radius 1 is 1.29 bits per heavy atom. The van der Waals surface area contributed by atoms with Crippen LogP contribution in [0.3, 0.4) is 0 Å². The predicted octanol–water partition coefficient (Wildman–Crippen LogP) is 2.77. The van der Waals surface area contributed by atoms with Gasteiger partial charge in [-0.15, -0.1) is 0 Å². The van der Waals surface area contributed by atoms with Crippen LogP contribution >= 0.6 is 0 Å². The van der Waals surface area contributed by atoms with E-state index < -0.39 is 0 Å². The maximum absolute atomic E-state index is 5.29. The number of hydrogen-bond donors (Lipinski definition) is 1. The number of aromatic nitrogens is 1. The second kappa shape index (κ2) is 3.91. The number of fused-ring (bicyclic) bond motifs is 2. The number of methoxy groups -OCH3 is 1. The third kappa shape index (κ3) is 1.54. The molecule has 0 radical (unpaired) electrons. The lowest BCUT2D eigenvalue weighted by Crippen LogP contribution is -1.99. The molecule has 0 amide bonds. The van der Waals surface area contributed by atoms with Gasteiger partial charge in [-0.05, 0) is 43.0 Å². The molecule has 1 aromatic heterocycles. The Balaban J connectivity index is 2.33. The quantitative estimate of drug-likeness (QED) is 0.858. The highest BCUT2D eigenvalue weighted by atomic mass is 16.5. The summed E-state index contributed by atoms with van der Waals surface area (Å²) in [5.74, 6) is 0.883. The molecule has 17 heavy (non-hydrogen) atoms. The van der Waals surface area contributed by atoms with Crippen LogP contribution in [0.15, 0.2) is 18.2 Å². The van der Waals surface area contributed by atoms with Crippen molar-refractivity contribution in [3.63, 3.8) is 0 Å². The SMILES string of the molecule is CNc1c2c(nc3ccc(OC)cc13)CCC2. The smallest absolute Gasteiger partial charge is 0.119 e. The Kier molecular flexibility index (Phi) is 2.39. The van der Waals surface area contributed by atoms with Gasteiger partial charge in [0, 0.05) is 23.8 Å². The van der Waals surface area contributed by atoms with Crippen molar-refractivity contribution >= 4 is 16.6 Å². The number of nitrogens with one attached hydrogen (secondary N) is 1. The summed E-state index contributed by atoms with van der Waals surface area (Å²) < 4.78 is 5.29. The molecule has 1 aromatic carbocycles. The summed E-state index contributed by atoms with van der Waals surface area (Å²) in [4.78, 5) is 4.74. The van der Waals surface area contributed by atoms with E-state index in [2.05, 4.69) is 11.4 Å². The van der Waals surface area contributed by atoms with E-state index in [0.717, 1.165) is 29.5 Å². The first-order chi connectivity index (χ1) is 8.33. The van der Waals surface area contributed by atoms with Gasteiger partial charge in [-0.1, -0.05) is 0 Å². The van der Waals surface area contributed by atoms with Crippen molar-refractivity contribution in [3.8, 4) is 5.75 Å². The molecule has 0 fully saturated rings. The van der Waals surface area contributed by atoms with E-state index in [9.17, 15) is 0 Å². The topological polar surface area (TPSA) is 34.2 Å². The molecule has 2 aromatic rings. The summed E-state index contributed by atoms with van der Waals surface area (Å²) in [6.07, 6.45) is 3.45. The number of ether oxygens (including phenoxy) is 1. The number of nitrogens with zero attached hydrogens (tertiary/aromatic N) is 1. The molecule has 0 atom stereocenters. The highest BCUT2D eigenvalue weighted by Gasteiger charge is 2.18. The van der Waals surface area contributed by atoms with Crippen LogP contribution in [-0.2, 0) is 12.8 Å². The van der Waals surface area contributed by atoms with Crippen molar-refractivity contribution in [2.75, 3.05) is 19.5 Å². The molecular weight excluding hydrogens is 212 g/mol. The minimum Gasteiger partial charge on any atom is -0.497 e. The van der Waals surface area contributed by atoms with Gasteiger partial charge < -0.3 is 10.1 Å². The second-order valence-corrected chi connectivity index (χ2v) is 4.40. The zero-order valence-electron chi connectivity index (χ0n) is 10.2. The lowest BCUT2D eigenvalue weighted by Gasteiger charge is -2.12. The average Bonchev–Trinajstić information content (AvgIpc) is 2.82. The van der Waals surface area contributed by atoms with E-state index in [-0.39, 0.29) is 0 Å². The average molecular weight is 228 g/mol. The Hall–Kier alpha value is -1.77. The van der Waals surface area contributed by atoms with Gasteiger partial charge in [-0.2, -0.15) is 0 Å². The molecule has 3 rings (SSSR count). The van der Waals surface area contributed by atoms with Crippen molar-refractivity contribution in [2.45, 2.75) is 19.3 Å². The largest absolute Gasteiger partial charge is 0.497 e. The summed E-state index contributed by atoms with van der Waals surface area (Å²) in [5.41, 5.74) is 4.91. The molecule has 3 heteroatoms. The molecular formula is C14H16N2O. The number of anilines is 1. The van der Waals surface area contributed by atoms with Gasteiger partial charge in [-0.25, -0.2) is 0 Å². The Bertz CT molecular complexity index is 578. The monoisotopic (exact) mass is 228 g/mol. The van der Waals surface area contributed by atoms with E-state index in [0.29, 0.717) is 0 Å². The van der Waals surface area contributed by atoms with Crippen molar-refractivity contribution in [2.24, 2.45) is 0 Å². The molecule has 0 bridgehead atoms. The second-order valence-electron chi connectivity index (χ2n) is 4.40. The lowest BCUT2D eigenvalue weighted by molar-refractivity contribution is 0.415. The summed E-state index contributed by atoms with van der Waals surface area (Å²) in [5, 5.41) is 4.49. The summed E-state index contributed by atoms with van der Waals surface area (Å²) >= 11 is 0. The van der Waals surface area contributed by atoms with Crippen molar-refractivity contribution in [1.82, 2.24) is 4.98 Å². The van der Waals surface area contributed by atoms with Crippen molar-refractivity contribution in [3.05, 3.63) is 29.5 Å². The van der Waals surface area contributed by atoms with Crippen LogP contribution in [0.5, 0.6) is 5.75 Å². The van der Waals surface area contributed by atoms with Crippen LogP contribution in [0.2, 0.25) is 0 Å². The maximum atomic E-state index is 5.29. The third-order valence-electron chi connectivity index (χ3n) is 3.47. The summed E-state index contributed by atoms with van der Waals surface area (Å²) in [6.45, 7) is 0. The molecule has 1 aliphatic carbocycles. The Labute approximate surface area is 101 Å².